The summed E-state index contributed by atoms with van der Waals surface area (Å²) in [5, 5.41) is 2.75. The predicted octanol–water partition coefficient (Wildman–Crippen LogP) is 0.897. The molecular formula is C12H14N4O2. The second-order valence-electron chi connectivity index (χ2n) is 4.08. The van der Waals surface area contributed by atoms with E-state index in [-0.39, 0.29) is 23.2 Å². The molecule has 6 heteroatoms. The van der Waals surface area contributed by atoms with Crippen molar-refractivity contribution in [3.05, 3.63) is 52.0 Å². The molecule has 0 saturated carbocycles. The molecule has 2 rings (SSSR count). The number of aromatic amines is 2. The van der Waals surface area contributed by atoms with E-state index >= 15 is 0 Å². The number of carbonyl (C=O) groups is 1. The first kappa shape index (κ1) is 12.1. The van der Waals surface area contributed by atoms with Crippen molar-refractivity contribution in [2.45, 2.75) is 19.9 Å². The number of hydrogen-bond acceptors (Lipinski definition) is 3. The Balaban J connectivity index is 2.10. The maximum Gasteiger partial charge on any atom is 0.268 e. The zero-order chi connectivity index (χ0) is 13.1. The number of amides is 1. The van der Waals surface area contributed by atoms with Gasteiger partial charge in [-0.05, 0) is 19.9 Å². The minimum absolute atomic E-state index is 0.234. The Labute approximate surface area is 103 Å². The molecule has 94 valence electrons. The normalized spacial score (nSPS) is 12.1. The Morgan fingerprint density at radius 2 is 2.17 bits per heavy atom. The van der Waals surface area contributed by atoms with Crippen LogP contribution in [0.2, 0.25) is 0 Å². The fraction of sp³-hybridized carbons (Fsp3) is 0.250. The monoisotopic (exact) mass is 246 g/mol. The van der Waals surface area contributed by atoms with Gasteiger partial charge in [0.15, 0.2) is 0 Å². The van der Waals surface area contributed by atoms with Gasteiger partial charge in [-0.2, -0.15) is 0 Å². The quantitative estimate of drug-likeness (QED) is 0.751. The SMILES string of the molecule is Cc1cnc(C(C)NC(=O)c2cccc(=O)[nH]2)[nH]1. The van der Waals surface area contributed by atoms with Crippen molar-refractivity contribution in [2.75, 3.05) is 0 Å². The van der Waals surface area contributed by atoms with E-state index in [1.807, 2.05) is 13.8 Å². The van der Waals surface area contributed by atoms with Crippen molar-refractivity contribution in [3.63, 3.8) is 0 Å². The van der Waals surface area contributed by atoms with Gasteiger partial charge in [0.25, 0.3) is 5.91 Å². The van der Waals surface area contributed by atoms with Crippen molar-refractivity contribution >= 4 is 5.91 Å². The molecule has 0 aliphatic carbocycles. The highest BCUT2D eigenvalue weighted by Crippen LogP contribution is 2.08. The van der Waals surface area contributed by atoms with Crippen LogP contribution in [0.1, 0.15) is 35.0 Å². The smallest absolute Gasteiger partial charge is 0.268 e. The Morgan fingerprint density at radius 3 is 2.78 bits per heavy atom. The van der Waals surface area contributed by atoms with Crippen molar-refractivity contribution in [2.24, 2.45) is 0 Å². The molecule has 0 aliphatic rings. The summed E-state index contributed by atoms with van der Waals surface area (Å²) in [6.07, 6.45) is 1.70. The average molecular weight is 246 g/mol. The van der Waals surface area contributed by atoms with E-state index in [2.05, 4.69) is 20.3 Å². The summed E-state index contributed by atoms with van der Waals surface area (Å²) < 4.78 is 0. The molecule has 1 amide bonds. The first-order chi connectivity index (χ1) is 8.56. The Hall–Kier alpha value is -2.37. The summed E-state index contributed by atoms with van der Waals surface area (Å²) in [6.45, 7) is 3.71. The van der Waals surface area contributed by atoms with Gasteiger partial charge < -0.3 is 15.3 Å². The number of rotatable bonds is 3. The van der Waals surface area contributed by atoms with Crippen molar-refractivity contribution in [1.29, 1.82) is 0 Å². The lowest BCUT2D eigenvalue weighted by atomic mass is 10.3. The third-order valence-corrected chi connectivity index (χ3v) is 2.49. The summed E-state index contributed by atoms with van der Waals surface area (Å²) in [6, 6.07) is 4.19. The van der Waals surface area contributed by atoms with Gasteiger partial charge in [-0.3, -0.25) is 9.59 Å². The zero-order valence-corrected chi connectivity index (χ0v) is 10.2. The summed E-state index contributed by atoms with van der Waals surface area (Å²) in [7, 11) is 0. The zero-order valence-electron chi connectivity index (χ0n) is 10.2. The molecule has 6 nitrogen and oxygen atoms in total. The third kappa shape index (κ3) is 2.65. The van der Waals surface area contributed by atoms with Crippen molar-refractivity contribution in [1.82, 2.24) is 20.3 Å². The van der Waals surface area contributed by atoms with Gasteiger partial charge in [-0.1, -0.05) is 6.07 Å². The first-order valence-electron chi connectivity index (χ1n) is 5.58. The molecule has 3 N–H and O–H groups in total. The van der Waals surface area contributed by atoms with Crippen LogP contribution < -0.4 is 10.9 Å². The van der Waals surface area contributed by atoms with Crippen LogP contribution in [0, 0.1) is 6.92 Å². The lowest BCUT2D eigenvalue weighted by molar-refractivity contribution is 0.0933. The largest absolute Gasteiger partial charge is 0.344 e. The predicted molar refractivity (Wildman–Crippen MR) is 66.3 cm³/mol. The Morgan fingerprint density at radius 1 is 1.39 bits per heavy atom. The van der Waals surface area contributed by atoms with Gasteiger partial charge >= 0.3 is 0 Å². The summed E-state index contributed by atoms with van der Waals surface area (Å²) in [5.74, 6) is 0.341. The van der Waals surface area contributed by atoms with E-state index in [1.165, 1.54) is 12.1 Å². The fourth-order valence-corrected chi connectivity index (χ4v) is 1.58. The summed E-state index contributed by atoms with van der Waals surface area (Å²) in [4.78, 5) is 32.6. The maximum atomic E-state index is 11.9. The second kappa shape index (κ2) is 4.87. The number of aryl methyl sites for hydroxylation is 1. The van der Waals surface area contributed by atoms with E-state index in [0.717, 1.165) is 5.69 Å². The molecule has 0 radical (unpaired) electrons. The standard InChI is InChI=1S/C12H14N4O2/c1-7-6-13-11(14-7)8(2)15-12(18)9-4-3-5-10(17)16-9/h3-6,8H,1-2H3,(H,13,14)(H,15,18)(H,16,17). The van der Waals surface area contributed by atoms with Crippen LogP contribution in [0.4, 0.5) is 0 Å². The van der Waals surface area contributed by atoms with E-state index in [4.69, 9.17) is 0 Å². The molecule has 0 aliphatic heterocycles. The molecular weight excluding hydrogens is 232 g/mol. The number of nitrogens with one attached hydrogen (secondary N) is 3. The number of imidazole rings is 1. The number of pyridine rings is 1. The van der Waals surface area contributed by atoms with Gasteiger partial charge in [-0.25, -0.2) is 4.98 Å². The van der Waals surface area contributed by atoms with Gasteiger partial charge in [0, 0.05) is 18.0 Å². The Kier molecular flexibility index (Phi) is 3.27. The van der Waals surface area contributed by atoms with E-state index < -0.39 is 0 Å². The van der Waals surface area contributed by atoms with Crippen LogP contribution in [-0.4, -0.2) is 20.9 Å². The lowest BCUT2D eigenvalue weighted by Crippen LogP contribution is -2.29. The number of hydrogen-bond donors (Lipinski definition) is 3. The highest BCUT2D eigenvalue weighted by atomic mass is 16.2. The first-order valence-corrected chi connectivity index (χ1v) is 5.58. The summed E-state index contributed by atoms with van der Waals surface area (Å²) in [5.41, 5.74) is 0.862. The number of nitrogens with zero attached hydrogens (tertiary/aromatic N) is 1. The highest BCUT2D eigenvalue weighted by molar-refractivity contribution is 5.92. The Bertz CT molecular complexity index is 614. The molecule has 0 bridgehead atoms. The molecule has 0 aromatic carbocycles. The average Bonchev–Trinajstić information content (AvgIpc) is 2.76. The number of carbonyl (C=O) groups excluding carboxylic acids is 1. The molecule has 2 aromatic heterocycles. The van der Waals surface area contributed by atoms with Crippen LogP contribution in [0.25, 0.3) is 0 Å². The maximum absolute atomic E-state index is 11.9. The highest BCUT2D eigenvalue weighted by Gasteiger charge is 2.13. The minimum Gasteiger partial charge on any atom is -0.344 e. The van der Waals surface area contributed by atoms with Crippen molar-refractivity contribution in [3.8, 4) is 0 Å². The topological polar surface area (TPSA) is 90.6 Å². The fourth-order valence-electron chi connectivity index (χ4n) is 1.58. The number of H-pyrrole nitrogens is 2. The van der Waals surface area contributed by atoms with Crippen molar-refractivity contribution < 1.29 is 4.79 Å². The molecule has 1 atom stereocenters. The lowest BCUT2D eigenvalue weighted by Gasteiger charge is -2.11. The molecule has 0 spiro atoms. The molecule has 0 fully saturated rings. The van der Waals surface area contributed by atoms with Crippen LogP contribution in [0.15, 0.2) is 29.2 Å². The van der Waals surface area contributed by atoms with Crippen LogP contribution in [0.5, 0.6) is 0 Å². The van der Waals surface area contributed by atoms with E-state index in [0.29, 0.717) is 5.82 Å². The molecule has 2 heterocycles. The van der Waals surface area contributed by atoms with E-state index in [1.54, 1.807) is 12.3 Å². The van der Waals surface area contributed by atoms with Crippen LogP contribution in [0.3, 0.4) is 0 Å². The number of aromatic nitrogens is 3. The molecule has 2 aromatic rings. The molecule has 0 saturated heterocycles. The van der Waals surface area contributed by atoms with Gasteiger partial charge in [0.1, 0.15) is 11.5 Å². The van der Waals surface area contributed by atoms with Gasteiger partial charge in [-0.15, -0.1) is 0 Å². The second-order valence-corrected chi connectivity index (χ2v) is 4.08. The van der Waals surface area contributed by atoms with Gasteiger partial charge in [0.2, 0.25) is 5.56 Å². The third-order valence-electron chi connectivity index (χ3n) is 2.49. The van der Waals surface area contributed by atoms with Crippen LogP contribution >= 0.6 is 0 Å². The molecule has 1 unspecified atom stereocenters. The summed E-state index contributed by atoms with van der Waals surface area (Å²) >= 11 is 0. The van der Waals surface area contributed by atoms with Gasteiger partial charge in [0.05, 0.1) is 6.04 Å². The van der Waals surface area contributed by atoms with Crippen LogP contribution in [-0.2, 0) is 0 Å². The van der Waals surface area contributed by atoms with E-state index in [9.17, 15) is 9.59 Å². The minimum atomic E-state index is -0.339. The molecule has 18 heavy (non-hydrogen) atoms.